The fourth-order valence-electron chi connectivity index (χ4n) is 1.62. The van der Waals surface area contributed by atoms with E-state index in [0.29, 0.717) is 22.9 Å². The molecule has 1 heterocycles. The number of nitrogens with zero attached hydrogens (tertiary/aromatic N) is 1. The summed E-state index contributed by atoms with van der Waals surface area (Å²) in [5.74, 6) is 0.640. The van der Waals surface area contributed by atoms with Gasteiger partial charge in [-0.25, -0.2) is 0 Å². The molecule has 0 atom stereocenters. The van der Waals surface area contributed by atoms with E-state index >= 15 is 0 Å². The highest BCUT2D eigenvalue weighted by atomic mass is 35.5. The zero-order valence-electron chi connectivity index (χ0n) is 10.4. The van der Waals surface area contributed by atoms with Gasteiger partial charge in [-0.1, -0.05) is 30.1 Å². The second-order valence-corrected chi connectivity index (χ2v) is 4.86. The van der Waals surface area contributed by atoms with Gasteiger partial charge in [0.15, 0.2) is 0 Å². The van der Waals surface area contributed by atoms with Crippen LogP contribution in [0.15, 0.2) is 30.6 Å². The van der Waals surface area contributed by atoms with Crippen LogP contribution in [0.5, 0.6) is 11.5 Å². The summed E-state index contributed by atoms with van der Waals surface area (Å²) < 4.78 is 5.52. The molecule has 0 unspecified atom stereocenters. The molecule has 3 nitrogen and oxygen atoms in total. The van der Waals surface area contributed by atoms with E-state index in [1.54, 1.807) is 18.5 Å². The molecule has 1 aromatic carbocycles. The van der Waals surface area contributed by atoms with Crippen LogP contribution in [0, 0.1) is 0 Å². The fourth-order valence-corrected chi connectivity index (χ4v) is 2.05. The molecule has 0 radical (unpaired) electrons. The lowest BCUT2D eigenvalue weighted by Crippen LogP contribution is -1.95. The monoisotopic (exact) mass is 297 g/mol. The Hall–Kier alpha value is -1.45. The molecular weight excluding hydrogens is 285 g/mol. The predicted octanol–water partition coefficient (Wildman–Crippen LogP) is 4.55. The van der Waals surface area contributed by atoms with Gasteiger partial charge in [-0.3, -0.25) is 4.98 Å². The van der Waals surface area contributed by atoms with E-state index < -0.39 is 0 Å². The first-order valence-corrected chi connectivity index (χ1v) is 6.63. The van der Waals surface area contributed by atoms with Crippen molar-refractivity contribution in [3.63, 3.8) is 0 Å². The topological polar surface area (TPSA) is 42.4 Å². The zero-order valence-corrected chi connectivity index (χ0v) is 11.9. The summed E-state index contributed by atoms with van der Waals surface area (Å²) in [4.78, 5) is 4.12. The van der Waals surface area contributed by atoms with Crippen LogP contribution >= 0.6 is 23.2 Å². The number of pyridine rings is 1. The Balaban J connectivity index is 2.38. The Morgan fingerprint density at radius 2 is 1.95 bits per heavy atom. The number of benzene rings is 1. The molecule has 2 aromatic rings. The van der Waals surface area contributed by atoms with Gasteiger partial charge >= 0.3 is 0 Å². The molecule has 19 heavy (non-hydrogen) atoms. The maximum Gasteiger partial charge on any atom is 0.138 e. The Bertz CT molecular complexity index is 588. The summed E-state index contributed by atoms with van der Waals surface area (Å²) in [5, 5.41) is 10.1. The van der Waals surface area contributed by atoms with Gasteiger partial charge in [-0.05, 0) is 18.6 Å². The molecule has 0 aliphatic carbocycles. The van der Waals surface area contributed by atoms with Crippen LogP contribution in [-0.4, -0.2) is 16.7 Å². The van der Waals surface area contributed by atoms with Crippen LogP contribution in [0.25, 0.3) is 11.1 Å². The molecule has 0 saturated carbocycles. The largest absolute Gasteiger partial charge is 0.506 e. The molecule has 0 fully saturated rings. The van der Waals surface area contributed by atoms with E-state index in [1.807, 2.05) is 13.0 Å². The third-order valence-electron chi connectivity index (χ3n) is 2.53. The Morgan fingerprint density at radius 1 is 1.16 bits per heavy atom. The maximum atomic E-state index is 9.49. The molecular formula is C14H13Cl2NO2. The van der Waals surface area contributed by atoms with Gasteiger partial charge in [0.25, 0.3) is 0 Å². The van der Waals surface area contributed by atoms with E-state index in [2.05, 4.69) is 4.98 Å². The standard InChI is InChI=1S/C14H13Cl2NO2/c1-2-3-19-10-4-9(7-17-8-10)11-5-13(16)14(18)6-12(11)15/h4-8,18H,2-3H2,1H3. The average Bonchev–Trinajstić information content (AvgIpc) is 2.41. The van der Waals surface area contributed by atoms with Crippen LogP contribution in [-0.2, 0) is 0 Å². The maximum absolute atomic E-state index is 9.49. The van der Waals surface area contributed by atoms with Gasteiger partial charge in [0, 0.05) is 23.4 Å². The molecule has 0 aliphatic rings. The molecule has 0 aliphatic heterocycles. The lowest BCUT2D eigenvalue weighted by Gasteiger charge is -2.09. The summed E-state index contributed by atoms with van der Waals surface area (Å²) in [6.07, 6.45) is 4.25. The van der Waals surface area contributed by atoms with Crippen molar-refractivity contribution in [2.45, 2.75) is 13.3 Å². The van der Waals surface area contributed by atoms with E-state index in [1.165, 1.54) is 6.07 Å². The SMILES string of the molecule is CCCOc1cncc(-c2cc(Cl)c(O)cc2Cl)c1. The van der Waals surface area contributed by atoms with E-state index in [9.17, 15) is 5.11 Å². The van der Waals surface area contributed by atoms with Crippen molar-refractivity contribution in [2.75, 3.05) is 6.61 Å². The fraction of sp³-hybridized carbons (Fsp3) is 0.214. The molecule has 2 rings (SSSR count). The highest BCUT2D eigenvalue weighted by Crippen LogP contribution is 2.36. The number of aromatic nitrogens is 1. The van der Waals surface area contributed by atoms with Gasteiger partial charge in [0.2, 0.25) is 0 Å². The van der Waals surface area contributed by atoms with Crippen LogP contribution in [0.1, 0.15) is 13.3 Å². The molecule has 0 saturated heterocycles. The molecule has 1 aromatic heterocycles. The minimum Gasteiger partial charge on any atom is -0.506 e. The first-order chi connectivity index (χ1) is 9.11. The quantitative estimate of drug-likeness (QED) is 0.900. The number of aromatic hydroxyl groups is 1. The van der Waals surface area contributed by atoms with Crippen molar-refractivity contribution in [2.24, 2.45) is 0 Å². The first-order valence-electron chi connectivity index (χ1n) is 5.88. The average molecular weight is 298 g/mol. The number of phenolic OH excluding ortho intramolecular Hbond substituents is 1. The van der Waals surface area contributed by atoms with Gasteiger partial charge in [-0.2, -0.15) is 0 Å². The Morgan fingerprint density at radius 3 is 2.68 bits per heavy atom. The molecule has 1 N–H and O–H groups in total. The number of halogens is 2. The van der Waals surface area contributed by atoms with E-state index in [-0.39, 0.29) is 10.8 Å². The van der Waals surface area contributed by atoms with Crippen molar-refractivity contribution >= 4 is 23.2 Å². The number of hydrogen-bond acceptors (Lipinski definition) is 3. The van der Waals surface area contributed by atoms with Crippen molar-refractivity contribution in [1.29, 1.82) is 0 Å². The van der Waals surface area contributed by atoms with E-state index in [0.717, 1.165) is 12.0 Å². The van der Waals surface area contributed by atoms with Crippen LogP contribution < -0.4 is 4.74 Å². The summed E-state index contributed by atoms with van der Waals surface area (Å²) in [7, 11) is 0. The lowest BCUT2D eigenvalue weighted by atomic mass is 10.1. The number of hydrogen-bond donors (Lipinski definition) is 1. The van der Waals surface area contributed by atoms with Crippen molar-refractivity contribution in [3.05, 3.63) is 40.6 Å². The normalized spacial score (nSPS) is 10.5. The summed E-state index contributed by atoms with van der Waals surface area (Å²) in [6, 6.07) is 4.87. The molecule has 0 spiro atoms. The van der Waals surface area contributed by atoms with Gasteiger partial charge in [0.05, 0.1) is 22.8 Å². The van der Waals surface area contributed by atoms with Crippen molar-refractivity contribution in [1.82, 2.24) is 4.98 Å². The van der Waals surface area contributed by atoms with Crippen LogP contribution in [0.3, 0.4) is 0 Å². The highest BCUT2D eigenvalue weighted by molar-refractivity contribution is 6.36. The van der Waals surface area contributed by atoms with Gasteiger partial charge in [-0.15, -0.1) is 0 Å². The number of phenols is 1. The third kappa shape index (κ3) is 3.31. The summed E-state index contributed by atoms with van der Waals surface area (Å²) in [6.45, 7) is 2.67. The van der Waals surface area contributed by atoms with Gasteiger partial charge in [0.1, 0.15) is 11.5 Å². The minimum atomic E-state index is -0.0400. The Labute approximate surface area is 121 Å². The summed E-state index contributed by atoms with van der Waals surface area (Å²) in [5.41, 5.74) is 1.50. The molecule has 0 amide bonds. The van der Waals surface area contributed by atoms with Gasteiger partial charge < -0.3 is 9.84 Å². The third-order valence-corrected chi connectivity index (χ3v) is 3.15. The van der Waals surface area contributed by atoms with Crippen molar-refractivity contribution in [3.8, 4) is 22.6 Å². The van der Waals surface area contributed by atoms with Crippen molar-refractivity contribution < 1.29 is 9.84 Å². The summed E-state index contributed by atoms with van der Waals surface area (Å²) >= 11 is 12.0. The highest BCUT2D eigenvalue weighted by Gasteiger charge is 2.09. The predicted molar refractivity (Wildman–Crippen MR) is 77.1 cm³/mol. The smallest absolute Gasteiger partial charge is 0.138 e. The lowest BCUT2D eigenvalue weighted by molar-refractivity contribution is 0.316. The zero-order chi connectivity index (χ0) is 13.8. The first kappa shape index (κ1) is 14.0. The second kappa shape index (κ2) is 6.13. The minimum absolute atomic E-state index is 0.0400. The molecule has 0 bridgehead atoms. The van der Waals surface area contributed by atoms with E-state index in [4.69, 9.17) is 27.9 Å². The molecule has 100 valence electrons. The second-order valence-electron chi connectivity index (χ2n) is 4.04. The molecule has 5 heteroatoms. The van der Waals surface area contributed by atoms with Crippen LogP contribution in [0.2, 0.25) is 10.0 Å². The van der Waals surface area contributed by atoms with Crippen LogP contribution in [0.4, 0.5) is 0 Å². The number of rotatable bonds is 4. The number of ether oxygens (including phenoxy) is 1. The Kier molecular flexibility index (Phi) is 4.51.